The molecule has 82 valence electrons. The van der Waals surface area contributed by atoms with Gasteiger partial charge in [0, 0.05) is 10.6 Å². The average molecular weight is 240 g/mol. The van der Waals surface area contributed by atoms with Gasteiger partial charge in [0.25, 0.3) is 0 Å². The highest BCUT2D eigenvalue weighted by Gasteiger charge is 2.08. The molecule has 1 nitrogen and oxygen atoms in total. The molecule has 2 N–H and O–H groups in total. The van der Waals surface area contributed by atoms with Crippen LogP contribution in [0.15, 0.2) is 36.4 Å². The van der Waals surface area contributed by atoms with Gasteiger partial charge in [-0.2, -0.15) is 0 Å². The first-order valence-electron chi connectivity index (χ1n) is 4.58. The molecule has 16 heavy (non-hydrogen) atoms. The summed E-state index contributed by atoms with van der Waals surface area (Å²) in [7, 11) is 0. The lowest BCUT2D eigenvalue weighted by Gasteiger charge is -2.07. The van der Waals surface area contributed by atoms with Gasteiger partial charge in [0.05, 0.1) is 5.69 Å². The molecule has 0 atom stereocenters. The van der Waals surface area contributed by atoms with E-state index >= 15 is 0 Å². The van der Waals surface area contributed by atoms with Crippen LogP contribution in [0.4, 0.5) is 14.5 Å². The fourth-order valence-corrected chi connectivity index (χ4v) is 1.72. The van der Waals surface area contributed by atoms with E-state index in [1.54, 1.807) is 6.07 Å². The second-order valence-corrected chi connectivity index (χ2v) is 3.80. The topological polar surface area (TPSA) is 26.0 Å². The Morgan fingerprint density at radius 2 is 1.81 bits per heavy atom. The molecule has 2 aromatic carbocycles. The minimum Gasteiger partial charge on any atom is -0.396 e. The van der Waals surface area contributed by atoms with E-state index in [2.05, 4.69) is 0 Å². The van der Waals surface area contributed by atoms with E-state index in [1.807, 2.05) is 0 Å². The van der Waals surface area contributed by atoms with Crippen LogP contribution in [0, 0.1) is 11.6 Å². The summed E-state index contributed by atoms with van der Waals surface area (Å²) in [6.07, 6.45) is 0. The minimum atomic E-state index is -0.530. The van der Waals surface area contributed by atoms with Crippen molar-refractivity contribution >= 4 is 17.3 Å². The van der Waals surface area contributed by atoms with Gasteiger partial charge in [-0.05, 0) is 29.8 Å². The second kappa shape index (κ2) is 4.10. The van der Waals surface area contributed by atoms with Crippen LogP contribution in [-0.4, -0.2) is 0 Å². The van der Waals surface area contributed by atoms with Crippen molar-refractivity contribution in [2.24, 2.45) is 0 Å². The number of hydrogen-bond acceptors (Lipinski definition) is 1. The van der Waals surface area contributed by atoms with Crippen LogP contribution in [0.2, 0.25) is 5.02 Å². The van der Waals surface area contributed by atoms with Crippen LogP contribution in [0.5, 0.6) is 0 Å². The molecule has 0 bridgehead atoms. The summed E-state index contributed by atoms with van der Waals surface area (Å²) in [5, 5.41) is 0.249. The summed E-state index contributed by atoms with van der Waals surface area (Å²) in [5.74, 6) is -1.01. The van der Waals surface area contributed by atoms with Crippen molar-refractivity contribution in [2.75, 3.05) is 5.73 Å². The van der Waals surface area contributed by atoms with Crippen molar-refractivity contribution in [1.29, 1.82) is 0 Å². The number of rotatable bonds is 1. The summed E-state index contributed by atoms with van der Waals surface area (Å²) >= 11 is 5.72. The largest absolute Gasteiger partial charge is 0.396 e. The molecule has 2 aromatic rings. The van der Waals surface area contributed by atoms with Gasteiger partial charge in [-0.3, -0.25) is 0 Å². The molecular formula is C12H8ClF2N. The number of halogens is 3. The van der Waals surface area contributed by atoms with Crippen LogP contribution in [0.3, 0.4) is 0 Å². The molecule has 2 rings (SSSR count). The Balaban J connectivity index is 2.63. The minimum absolute atomic E-state index is 0.0100. The van der Waals surface area contributed by atoms with Crippen LogP contribution in [-0.2, 0) is 0 Å². The summed E-state index contributed by atoms with van der Waals surface area (Å²) < 4.78 is 26.3. The highest BCUT2D eigenvalue weighted by atomic mass is 35.5. The maximum absolute atomic E-state index is 13.2. The molecule has 0 radical (unpaired) electrons. The fourth-order valence-electron chi connectivity index (χ4n) is 1.50. The van der Waals surface area contributed by atoms with Crippen molar-refractivity contribution in [3.8, 4) is 11.1 Å². The molecule has 0 saturated carbocycles. The average Bonchev–Trinajstić information content (AvgIpc) is 2.20. The lowest BCUT2D eigenvalue weighted by Crippen LogP contribution is -1.94. The Morgan fingerprint density at radius 3 is 2.50 bits per heavy atom. The third kappa shape index (κ3) is 1.99. The molecule has 0 aliphatic heterocycles. The first-order valence-corrected chi connectivity index (χ1v) is 4.96. The highest BCUT2D eigenvalue weighted by Crippen LogP contribution is 2.30. The fraction of sp³-hybridized carbons (Fsp3) is 0. The molecule has 0 amide bonds. The van der Waals surface area contributed by atoms with Gasteiger partial charge in [-0.1, -0.05) is 23.7 Å². The van der Waals surface area contributed by atoms with E-state index in [0.29, 0.717) is 11.1 Å². The maximum Gasteiger partial charge on any atom is 0.146 e. The Morgan fingerprint density at radius 1 is 1.06 bits per heavy atom. The van der Waals surface area contributed by atoms with Gasteiger partial charge in [-0.25, -0.2) is 8.78 Å². The molecule has 0 saturated heterocycles. The number of hydrogen-bond donors (Lipinski definition) is 1. The van der Waals surface area contributed by atoms with Crippen LogP contribution in [0.1, 0.15) is 0 Å². The molecule has 0 heterocycles. The Kier molecular flexibility index (Phi) is 2.79. The molecule has 0 unspecified atom stereocenters. The third-order valence-electron chi connectivity index (χ3n) is 2.23. The third-order valence-corrected chi connectivity index (χ3v) is 2.44. The summed E-state index contributed by atoms with van der Waals surface area (Å²) in [6, 6.07) is 8.36. The monoisotopic (exact) mass is 239 g/mol. The van der Waals surface area contributed by atoms with Gasteiger partial charge < -0.3 is 5.73 Å². The first kappa shape index (κ1) is 10.9. The van der Waals surface area contributed by atoms with Gasteiger partial charge in [0.1, 0.15) is 11.6 Å². The summed E-state index contributed by atoms with van der Waals surface area (Å²) in [5.41, 5.74) is 6.46. The Hall–Kier alpha value is -1.61. The Labute approximate surface area is 96.5 Å². The van der Waals surface area contributed by atoms with Crippen molar-refractivity contribution in [2.45, 2.75) is 0 Å². The number of para-hydroxylation sites is 1. The van der Waals surface area contributed by atoms with E-state index in [1.165, 1.54) is 30.3 Å². The van der Waals surface area contributed by atoms with Crippen molar-refractivity contribution < 1.29 is 8.78 Å². The lowest BCUT2D eigenvalue weighted by molar-refractivity contribution is 0.627. The van der Waals surface area contributed by atoms with E-state index in [0.717, 1.165) is 0 Å². The predicted octanol–water partition coefficient (Wildman–Crippen LogP) is 3.87. The maximum atomic E-state index is 13.2. The Bertz CT molecular complexity index is 520. The smallest absolute Gasteiger partial charge is 0.146 e. The standard InChI is InChI=1S/C12H8ClF2N/c13-8-4-7(5-9(14)6-8)10-2-1-3-11(15)12(10)16/h1-6H,16H2. The zero-order chi connectivity index (χ0) is 11.7. The van der Waals surface area contributed by atoms with Crippen molar-refractivity contribution in [3.63, 3.8) is 0 Å². The van der Waals surface area contributed by atoms with Crippen molar-refractivity contribution in [1.82, 2.24) is 0 Å². The van der Waals surface area contributed by atoms with E-state index in [4.69, 9.17) is 17.3 Å². The number of nitrogen functional groups attached to an aromatic ring is 1. The highest BCUT2D eigenvalue weighted by molar-refractivity contribution is 6.30. The van der Waals surface area contributed by atoms with Crippen LogP contribution < -0.4 is 5.73 Å². The number of anilines is 1. The molecule has 0 aliphatic rings. The zero-order valence-corrected chi connectivity index (χ0v) is 8.93. The lowest BCUT2D eigenvalue weighted by atomic mass is 10.0. The van der Waals surface area contributed by atoms with Crippen LogP contribution in [0.25, 0.3) is 11.1 Å². The quantitative estimate of drug-likeness (QED) is 0.751. The van der Waals surface area contributed by atoms with Gasteiger partial charge in [0.15, 0.2) is 0 Å². The molecule has 0 spiro atoms. The summed E-state index contributed by atoms with van der Waals surface area (Å²) in [4.78, 5) is 0. The van der Waals surface area contributed by atoms with Crippen LogP contribution >= 0.6 is 11.6 Å². The predicted molar refractivity (Wildman–Crippen MR) is 61.2 cm³/mol. The van der Waals surface area contributed by atoms with E-state index in [-0.39, 0.29) is 10.7 Å². The van der Waals surface area contributed by atoms with Gasteiger partial charge >= 0.3 is 0 Å². The van der Waals surface area contributed by atoms with E-state index in [9.17, 15) is 8.78 Å². The molecule has 0 fully saturated rings. The molecule has 0 aromatic heterocycles. The van der Waals surface area contributed by atoms with Gasteiger partial charge in [0.2, 0.25) is 0 Å². The molecular weight excluding hydrogens is 232 g/mol. The molecule has 4 heteroatoms. The number of benzene rings is 2. The summed E-state index contributed by atoms with van der Waals surface area (Å²) in [6.45, 7) is 0. The van der Waals surface area contributed by atoms with Gasteiger partial charge in [-0.15, -0.1) is 0 Å². The van der Waals surface area contributed by atoms with Crippen molar-refractivity contribution in [3.05, 3.63) is 53.1 Å². The zero-order valence-electron chi connectivity index (χ0n) is 8.18. The first-order chi connectivity index (χ1) is 7.58. The SMILES string of the molecule is Nc1c(F)cccc1-c1cc(F)cc(Cl)c1. The molecule has 0 aliphatic carbocycles. The normalized spacial score (nSPS) is 10.4. The van der Waals surface area contributed by atoms with E-state index < -0.39 is 11.6 Å². The number of nitrogens with two attached hydrogens (primary N) is 1. The second-order valence-electron chi connectivity index (χ2n) is 3.36.